The number of hydrogen-bond donors (Lipinski definition) is 4. The molecule has 12 heavy (non-hydrogen) atoms. The summed E-state index contributed by atoms with van der Waals surface area (Å²) in [6.45, 7) is 3.13. The second-order valence-electron chi connectivity index (χ2n) is 2.64. The van der Waals surface area contributed by atoms with Gasteiger partial charge in [0.05, 0.1) is 4.90 Å². The summed E-state index contributed by atoms with van der Waals surface area (Å²) >= 11 is 3.93. The Labute approximate surface area is 75.7 Å². The molecule has 3 N–H and O–H groups in total. The number of benzene rings is 1. The first kappa shape index (κ1) is 9.06. The van der Waals surface area contributed by atoms with Crippen LogP contribution in [0.4, 0.5) is 0 Å². The highest BCUT2D eigenvalue weighted by Crippen LogP contribution is 2.42. The van der Waals surface area contributed by atoms with Crippen molar-refractivity contribution in [3.63, 3.8) is 0 Å². The summed E-state index contributed by atoms with van der Waals surface area (Å²) < 4.78 is 0. The van der Waals surface area contributed by atoms with E-state index in [1.54, 1.807) is 6.92 Å². The Bertz CT molecular complexity index is 229. The maximum Gasteiger partial charge on any atom is 0.171 e. The molecule has 1 aromatic carbocycles. The molecule has 0 amide bonds. The molecule has 0 saturated carbocycles. The van der Waals surface area contributed by atoms with Gasteiger partial charge in [0.15, 0.2) is 11.5 Å². The fraction of sp³-hybridized carbons (Fsp3) is 0.250. The van der Waals surface area contributed by atoms with E-state index in [1.807, 2.05) is 0 Å². The van der Waals surface area contributed by atoms with Crippen LogP contribution in [-0.4, -0.2) is 15.3 Å². The normalized spacial score (nSPS) is 10.2. The molecule has 0 radical (unpaired) electrons. The van der Waals surface area contributed by atoms with Crippen molar-refractivity contribution in [2.24, 2.45) is 0 Å². The first-order valence-electron chi connectivity index (χ1n) is 3.39. The van der Waals surface area contributed by atoms with Gasteiger partial charge in [-0.05, 0) is 13.8 Å². The minimum absolute atomic E-state index is 0.0321. The second kappa shape index (κ2) is 2.79. The van der Waals surface area contributed by atoms with Gasteiger partial charge in [-0.25, -0.2) is 0 Å². The molecule has 0 heterocycles. The summed E-state index contributed by atoms with van der Waals surface area (Å²) in [5.74, 6) is -0.635. The Hall–Kier alpha value is -1.03. The van der Waals surface area contributed by atoms with E-state index >= 15 is 0 Å². The van der Waals surface area contributed by atoms with E-state index in [4.69, 9.17) is 0 Å². The fourth-order valence-electron chi connectivity index (χ4n) is 0.973. The smallest absolute Gasteiger partial charge is 0.171 e. The first-order valence-corrected chi connectivity index (χ1v) is 3.84. The lowest BCUT2D eigenvalue weighted by atomic mass is 10.1. The lowest BCUT2D eigenvalue weighted by Crippen LogP contribution is -1.85. The van der Waals surface area contributed by atoms with E-state index in [2.05, 4.69) is 12.6 Å². The van der Waals surface area contributed by atoms with Gasteiger partial charge in [-0.2, -0.15) is 0 Å². The minimum Gasteiger partial charge on any atom is -0.507 e. The molecule has 0 bridgehead atoms. The van der Waals surface area contributed by atoms with Crippen molar-refractivity contribution >= 4 is 12.6 Å². The van der Waals surface area contributed by atoms with Crippen molar-refractivity contribution in [1.29, 1.82) is 0 Å². The molecule has 4 heteroatoms. The summed E-state index contributed by atoms with van der Waals surface area (Å²) in [5, 5.41) is 27.9. The lowest BCUT2D eigenvalue weighted by molar-refractivity contribution is 0.381. The second-order valence-corrected chi connectivity index (χ2v) is 3.09. The van der Waals surface area contributed by atoms with E-state index in [1.165, 1.54) is 6.92 Å². The molecule has 0 spiro atoms. The van der Waals surface area contributed by atoms with Crippen molar-refractivity contribution in [3.8, 4) is 17.2 Å². The van der Waals surface area contributed by atoms with Crippen molar-refractivity contribution in [2.75, 3.05) is 0 Å². The Morgan fingerprint density at radius 2 is 1.33 bits per heavy atom. The molecule has 3 nitrogen and oxygen atoms in total. The van der Waals surface area contributed by atoms with Gasteiger partial charge < -0.3 is 15.3 Å². The first-order chi connectivity index (χ1) is 5.46. The molecular formula is C8H10O3S. The average molecular weight is 186 g/mol. The molecule has 0 fully saturated rings. The molecular weight excluding hydrogens is 176 g/mol. The Morgan fingerprint density at radius 1 is 0.833 bits per heavy atom. The van der Waals surface area contributed by atoms with E-state index in [9.17, 15) is 15.3 Å². The summed E-state index contributed by atoms with van der Waals surface area (Å²) in [5.41, 5.74) is 0.730. The molecule has 0 aliphatic heterocycles. The third kappa shape index (κ3) is 1.08. The van der Waals surface area contributed by atoms with Crippen molar-refractivity contribution < 1.29 is 15.3 Å². The number of phenols is 3. The number of thiol groups is 1. The maximum atomic E-state index is 9.37. The molecule has 66 valence electrons. The molecule has 0 aliphatic rings. The summed E-state index contributed by atoms with van der Waals surface area (Å²) in [6, 6.07) is 0. The average Bonchev–Trinajstić information content (AvgIpc) is 2.08. The van der Waals surface area contributed by atoms with Gasteiger partial charge in [0.2, 0.25) is 0 Å². The van der Waals surface area contributed by atoms with E-state index in [0.717, 1.165) is 0 Å². The third-order valence-corrected chi connectivity index (χ3v) is 2.42. The summed E-state index contributed by atoms with van der Waals surface area (Å²) in [6.07, 6.45) is 0. The fourth-order valence-corrected chi connectivity index (χ4v) is 1.18. The van der Waals surface area contributed by atoms with Crippen LogP contribution in [0.25, 0.3) is 0 Å². The van der Waals surface area contributed by atoms with Gasteiger partial charge in [-0.1, -0.05) is 0 Å². The number of phenolic OH excluding ortho intramolecular Hbond substituents is 3. The Kier molecular flexibility index (Phi) is 2.10. The quantitative estimate of drug-likeness (QED) is 0.283. The molecule has 0 atom stereocenters. The third-order valence-electron chi connectivity index (χ3n) is 1.87. The van der Waals surface area contributed by atoms with Crippen LogP contribution < -0.4 is 0 Å². The highest BCUT2D eigenvalue weighted by Gasteiger charge is 2.15. The van der Waals surface area contributed by atoms with E-state index in [0.29, 0.717) is 5.56 Å². The van der Waals surface area contributed by atoms with E-state index in [-0.39, 0.29) is 27.7 Å². The van der Waals surface area contributed by atoms with Gasteiger partial charge in [-0.15, -0.1) is 12.6 Å². The molecule has 0 aromatic heterocycles. The van der Waals surface area contributed by atoms with Crippen molar-refractivity contribution in [1.82, 2.24) is 0 Å². The highest BCUT2D eigenvalue weighted by molar-refractivity contribution is 7.80. The van der Waals surface area contributed by atoms with Crippen LogP contribution in [0, 0.1) is 13.8 Å². The summed E-state index contributed by atoms with van der Waals surface area (Å²) in [4.78, 5) is 0.204. The topological polar surface area (TPSA) is 60.7 Å². The minimum atomic E-state index is -0.317. The lowest BCUT2D eigenvalue weighted by Gasteiger charge is -2.10. The van der Waals surface area contributed by atoms with Crippen LogP contribution in [0.3, 0.4) is 0 Å². The van der Waals surface area contributed by atoms with Crippen molar-refractivity contribution in [2.45, 2.75) is 18.7 Å². The number of hydrogen-bond acceptors (Lipinski definition) is 4. The number of aromatic hydroxyl groups is 3. The van der Waals surface area contributed by atoms with Crippen LogP contribution in [0.1, 0.15) is 11.1 Å². The van der Waals surface area contributed by atoms with Crippen LogP contribution in [0.2, 0.25) is 0 Å². The zero-order valence-electron chi connectivity index (χ0n) is 6.79. The zero-order chi connectivity index (χ0) is 9.46. The number of rotatable bonds is 0. The summed E-state index contributed by atoms with van der Waals surface area (Å²) in [7, 11) is 0. The van der Waals surface area contributed by atoms with Crippen molar-refractivity contribution in [3.05, 3.63) is 11.1 Å². The SMILES string of the molecule is Cc1c(O)c(C)c(S)c(O)c1O. The van der Waals surface area contributed by atoms with Crippen LogP contribution in [0.5, 0.6) is 17.2 Å². The molecule has 1 rings (SSSR count). The Morgan fingerprint density at radius 3 is 1.83 bits per heavy atom. The Balaban J connectivity index is 3.60. The van der Waals surface area contributed by atoms with Gasteiger partial charge in [0.1, 0.15) is 5.75 Å². The van der Waals surface area contributed by atoms with Crippen LogP contribution in [0.15, 0.2) is 4.90 Å². The van der Waals surface area contributed by atoms with Gasteiger partial charge in [0, 0.05) is 11.1 Å². The molecule has 0 unspecified atom stereocenters. The zero-order valence-corrected chi connectivity index (χ0v) is 7.68. The van der Waals surface area contributed by atoms with Crippen LogP contribution >= 0.6 is 12.6 Å². The van der Waals surface area contributed by atoms with E-state index < -0.39 is 0 Å². The molecule has 0 saturated heterocycles. The van der Waals surface area contributed by atoms with Crippen LogP contribution in [-0.2, 0) is 0 Å². The monoisotopic (exact) mass is 186 g/mol. The predicted octanol–water partition coefficient (Wildman–Crippen LogP) is 1.71. The maximum absolute atomic E-state index is 9.37. The van der Waals surface area contributed by atoms with Gasteiger partial charge >= 0.3 is 0 Å². The molecule has 0 aliphatic carbocycles. The largest absolute Gasteiger partial charge is 0.507 e. The van der Waals surface area contributed by atoms with Gasteiger partial charge in [0.25, 0.3) is 0 Å². The molecule has 1 aromatic rings. The predicted molar refractivity (Wildman–Crippen MR) is 48.2 cm³/mol. The van der Waals surface area contributed by atoms with Gasteiger partial charge in [-0.3, -0.25) is 0 Å². The highest BCUT2D eigenvalue weighted by atomic mass is 32.1. The standard InChI is InChI=1S/C8H10O3S/c1-3-5(9)4(2)8(12)7(11)6(3)10/h9-12H,1-2H3.